The van der Waals surface area contributed by atoms with Gasteiger partial charge in [-0.25, -0.2) is 0 Å². The van der Waals surface area contributed by atoms with E-state index in [0.29, 0.717) is 13.2 Å². The summed E-state index contributed by atoms with van der Waals surface area (Å²) in [5.74, 6) is -0.184. The fourth-order valence-electron chi connectivity index (χ4n) is 0.441. The molecule has 0 spiro atoms. The number of carbonyl (C=O) groups excluding carboxylic acids is 1. The van der Waals surface area contributed by atoms with Crippen molar-refractivity contribution >= 4 is 5.91 Å². The van der Waals surface area contributed by atoms with Gasteiger partial charge in [0, 0.05) is 13.2 Å². The van der Waals surface area contributed by atoms with Crippen LogP contribution in [0.25, 0.3) is 0 Å². The largest absolute Gasteiger partial charge is 0.395 e. The van der Waals surface area contributed by atoms with Gasteiger partial charge >= 0.3 is 0 Å². The number of amides is 1. The number of aliphatic hydroxyl groups excluding tert-OH is 1. The standard InChI is InChI=1S/C6H13NO3/c1-2-10-5-6(9)7-3-4-8/h8H,2-5H2,1H3,(H,7,9). The van der Waals surface area contributed by atoms with E-state index < -0.39 is 0 Å². The van der Waals surface area contributed by atoms with Crippen LogP contribution in [0.3, 0.4) is 0 Å². The highest BCUT2D eigenvalue weighted by atomic mass is 16.5. The highest BCUT2D eigenvalue weighted by molar-refractivity contribution is 5.77. The highest BCUT2D eigenvalue weighted by Gasteiger charge is 1.96. The number of rotatable bonds is 5. The lowest BCUT2D eigenvalue weighted by Gasteiger charge is -2.01. The summed E-state index contributed by atoms with van der Waals surface area (Å²) in [5.41, 5.74) is 0. The summed E-state index contributed by atoms with van der Waals surface area (Å²) in [4.78, 5) is 10.6. The van der Waals surface area contributed by atoms with Crippen molar-refractivity contribution in [1.29, 1.82) is 0 Å². The molecule has 0 heterocycles. The summed E-state index contributed by atoms with van der Waals surface area (Å²) < 4.78 is 4.80. The number of carbonyl (C=O) groups is 1. The molecule has 4 heteroatoms. The van der Waals surface area contributed by atoms with E-state index >= 15 is 0 Å². The topological polar surface area (TPSA) is 58.6 Å². The molecule has 0 unspecified atom stereocenters. The Bertz CT molecular complexity index is 85.0. The molecule has 0 radical (unpaired) electrons. The molecule has 0 rings (SSSR count). The molecule has 0 saturated carbocycles. The molecule has 10 heavy (non-hydrogen) atoms. The second-order valence-electron chi connectivity index (χ2n) is 1.71. The Hall–Kier alpha value is -0.610. The van der Waals surface area contributed by atoms with Gasteiger partial charge in [-0.15, -0.1) is 0 Å². The van der Waals surface area contributed by atoms with Crippen molar-refractivity contribution in [1.82, 2.24) is 5.32 Å². The lowest BCUT2D eigenvalue weighted by atomic mass is 10.6. The molecule has 0 bridgehead atoms. The van der Waals surface area contributed by atoms with E-state index in [1.165, 1.54) is 0 Å². The van der Waals surface area contributed by atoms with E-state index in [0.717, 1.165) is 0 Å². The Morgan fingerprint density at radius 3 is 2.90 bits per heavy atom. The van der Waals surface area contributed by atoms with Crippen LogP contribution in [0.2, 0.25) is 0 Å². The van der Waals surface area contributed by atoms with Gasteiger partial charge < -0.3 is 15.2 Å². The van der Waals surface area contributed by atoms with Crippen LogP contribution in [0.4, 0.5) is 0 Å². The third-order valence-corrected chi connectivity index (χ3v) is 0.871. The SMILES string of the molecule is CCOCC(=O)NCCO. The zero-order valence-electron chi connectivity index (χ0n) is 6.09. The molecule has 0 aliphatic heterocycles. The number of hydrogen-bond donors (Lipinski definition) is 2. The summed E-state index contributed by atoms with van der Waals surface area (Å²) >= 11 is 0. The van der Waals surface area contributed by atoms with Crippen molar-refractivity contribution in [3.05, 3.63) is 0 Å². The van der Waals surface area contributed by atoms with E-state index in [1.807, 2.05) is 6.92 Å². The number of ether oxygens (including phenoxy) is 1. The number of aliphatic hydroxyl groups is 1. The Kier molecular flexibility index (Phi) is 6.11. The van der Waals surface area contributed by atoms with Gasteiger partial charge in [-0.2, -0.15) is 0 Å². The van der Waals surface area contributed by atoms with Crippen molar-refractivity contribution in [2.24, 2.45) is 0 Å². The molecule has 0 aliphatic rings. The van der Waals surface area contributed by atoms with Crippen LogP contribution in [-0.2, 0) is 9.53 Å². The van der Waals surface area contributed by atoms with Gasteiger partial charge in [-0.1, -0.05) is 0 Å². The minimum Gasteiger partial charge on any atom is -0.395 e. The third-order valence-electron chi connectivity index (χ3n) is 0.871. The lowest BCUT2D eigenvalue weighted by molar-refractivity contribution is -0.125. The predicted molar refractivity (Wildman–Crippen MR) is 36.6 cm³/mol. The summed E-state index contributed by atoms with van der Waals surface area (Å²) in [7, 11) is 0. The Labute approximate surface area is 60.2 Å². The molecular formula is C6H13NO3. The maximum absolute atomic E-state index is 10.6. The molecule has 0 aliphatic carbocycles. The van der Waals surface area contributed by atoms with Gasteiger partial charge in [-0.3, -0.25) is 4.79 Å². The molecule has 0 aromatic carbocycles. The van der Waals surface area contributed by atoms with E-state index in [2.05, 4.69) is 5.32 Å². The Morgan fingerprint density at radius 1 is 1.70 bits per heavy atom. The van der Waals surface area contributed by atoms with E-state index in [-0.39, 0.29) is 19.1 Å². The van der Waals surface area contributed by atoms with Crippen molar-refractivity contribution in [3.8, 4) is 0 Å². The summed E-state index contributed by atoms with van der Waals surface area (Å²) in [5, 5.41) is 10.7. The van der Waals surface area contributed by atoms with Gasteiger partial charge in [0.2, 0.25) is 5.91 Å². The van der Waals surface area contributed by atoms with Gasteiger partial charge in [0.15, 0.2) is 0 Å². The normalized spacial score (nSPS) is 9.40. The monoisotopic (exact) mass is 147 g/mol. The maximum atomic E-state index is 10.6. The first-order valence-corrected chi connectivity index (χ1v) is 3.26. The molecule has 4 nitrogen and oxygen atoms in total. The van der Waals surface area contributed by atoms with Gasteiger partial charge in [0.05, 0.1) is 6.61 Å². The van der Waals surface area contributed by atoms with E-state index in [4.69, 9.17) is 9.84 Å². The maximum Gasteiger partial charge on any atom is 0.246 e. The van der Waals surface area contributed by atoms with Crippen LogP contribution in [0.1, 0.15) is 6.92 Å². The molecule has 0 atom stereocenters. The average molecular weight is 147 g/mol. The van der Waals surface area contributed by atoms with Gasteiger partial charge in [0.1, 0.15) is 6.61 Å². The molecular weight excluding hydrogens is 134 g/mol. The zero-order valence-corrected chi connectivity index (χ0v) is 6.09. The summed E-state index contributed by atoms with van der Waals surface area (Å²) in [6.07, 6.45) is 0. The Morgan fingerprint density at radius 2 is 2.40 bits per heavy atom. The molecule has 2 N–H and O–H groups in total. The minimum absolute atomic E-state index is 0.0299. The quantitative estimate of drug-likeness (QED) is 0.531. The fraction of sp³-hybridized carbons (Fsp3) is 0.833. The molecule has 0 aromatic heterocycles. The number of hydrogen-bond acceptors (Lipinski definition) is 3. The molecule has 0 aromatic rings. The first-order valence-electron chi connectivity index (χ1n) is 3.26. The van der Waals surface area contributed by atoms with Crippen LogP contribution >= 0.6 is 0 Å². The third kappa shape index (κ3) is 5.53. The summed E-state index contributed by atoms with van der Waals surface area (Å²) in [6.45, 7) is 2.70. The predicted octanol–water partition coefficient (Wildman–Crippen LogP) is -0.869. The molecule has 60 valence electrons. The fourth-order valence-corrected chi connectivity index (χ4v) is 0.441. The van der Waals surface area contributed by atoms with Crippen LogP contribution in [0.15, 0.2) is 0 Å². The highest BCUT2D eigenvalue weighted by Crippen LogP contribution is 1.72. The van der Waals surface area contributed by atoms with Crippen LogP contribution in [0.5, 0.6) is 0 Å². The summed E-state index contributed by atoms with van der Waals surface area (Å²) in [6, 6.07) is 0. The lowest BCUT2D eigenvalue weighted by Crippen LogP contribution is -2.29. The Balaban J connectivity index is 3.09. The first-order chi connectivity index (χ1) is 4.81. The van der Waals surface area contributed by atoms with Crippen molar-refractivity contribution in [3.63, 3.8) is 0 Å². The van der Waals surface area contributed by atoms with Gasteiger partial charge in [0.25, 0.3) is 0 Å². The first kappa shape index (κ1) is 9.39. The minimum atomic E-state index is -0.184. The second-order valence-corrected chi connectivity index (χ2v) is 1.71. The van der Waals surface area contributed by atoms with Gasteiger partial charge in [-0.05, 0) is 6.92 Å². The average Bonchev–Trinajstić information content (AvgIpc) is 1.97. The van der Waals surface area contributed by atoms with Crippen molar-refractivity contribution in [2.45, 2.75) is 6.92 Å². The van der Waals surface area contributed by atoms with Crippen molar-refractivity contribution < 1.29 is 14.6 Å². The second kappa shape index (κ2) is 6.51. The zero-order chi connectivity index (χ0) is 7.82. The molecule has 0 saturated heterocycles. The van der Waals surface area contributed by atoms with Crippen LogP contribution < -0.4 is 5.32 Å². The van der Waals surface area contributed by atoms with E-state index in [9.17, 15) is 4.79 Å². The molecule has 0 fully saturated rings. The van der Waals surface area contributed by atoms with Crippen LogP contribution in [0, 0.1) is 0 Å². The van der Waals surface area contributed by atoms with E-state index in [1.54, 1.807) is 0 Å². The number of nitrogens with one attached hydrogen (secondary N) is 1. The van der Waals surface area contributed by atoms with Crippen LogP contribution in [-0.4, -0.2) is 37.4 Å². The van der Waals surface area contributed by atoms with Crippen molar-refractivity contribution in [2.75, 3.05) is 26.4 Å². The molecule has 1 amide bonds. The smallest absolute Gasteiger partial charge is 0.246 e.